The lowest BCUT2D eigenvalue weighted by Crippen LogP contribution is -2.28. The number of alkyl halides is 1. The van der Waals surface area contributed by atoms with Crippen LogP contribution in [0.25, 0.3) is 0 Å². The number of rotatable bonds is 3. The van der Waals surface area contributed by atoms with Crippen LogP contribution < -0.4 is 11.5 Å². The molecule has 0 heterocycles. The number of benzene rings is 1. The molecule has 1 amide bonds. The summed E-state index contributed by atoms with van der Waals surface area (Å²) in [5.74, 6) is -0.615. The van der Waals surface area contributed by atoms with Gasteiger partial charge in [-0.15, -0.1) is 0 Å². The van der Waals surface area contributed by atoms with Crippen molar-refractivity contribution in [1.82, 2.24) is 0 Å². The topological polar surface area (TPSA) is 69.1 Å². The summed E-state index contributed by atoms with van der Waals surface area (Å²) in [7, 11) is 0. The van der Waals surface area contributed by atoms with Crippen LogP contribution in [0.15, 0.2) is 24.3 Å². The van der Waals surface area contributed by atoms with Crippen LogP contribution in [0.2, 0.25) is 0 Å². The molecule has 0 aliphatic heterocycles. The average molecular weight is 182 g/mol. The Kier molecular flexibility index (Phi) is 2.97. The Bertz CT molecular complexity index is 314. The van der Waals surface area contributed by atoms with E-state index < -0.39 is 18.6 Å². The van der Waals surface area contributed by atoms with E-state index in [4.69, 9.17) is 11.5 Å². The van der Waals surface area contributed by atoms with Gasteiger partial charge in [0.2, 0.25) is 5.91 Å². The van der Waals surface area contributed by atoms with Crippen LogP contribution in [0.5, 0.6) is 0 Å². The zero-order valence-corrected chi connectivity index (χ0v) is 7.03. The van der Waals surface area contributed by atoms with Gasteiger partial charge in [0, 0.05) is 0 Å². The van der Waals surface area contributed by atoms with Gasteiger partial charge in [-0.05, 0) is 11.1 Å². The van der Waals surface area contributed by atoms with Crippen LogP contribution in [-0.2, 0) is 11.5 Å². The van der Waals surface area contributed by atoms with Crippen molar-refractivity contribution in [3.63, 3.8) is 0 Å². The first-order valence-corrected chi connectivity index (χ1v) is 3.85. The van der Waals surface area contributed by atoms with E-state index in [9.17, 15) is 9.18 Å². The number of halogens is 1. The molecule has 70 valence electrons. The molecule has 3 nitrogen and oxygen atoms in total. The average Bonchev–Trinajstić information content (AvgIpc) is 2.16. The first-order chi connectivity index (χ1) is 6.15. The number of primary amides is 1. The minimum absolute atomic E-state index is 0.495. The lowest BCUT2D eigenvalue weighted by atomic mass is 10.0. The third kappa shape index (κ3) is 2.26. The molecule has 0 aliphatic rings. The molecule has 0 aliphatic carbocycles. The molecule has 0 aromatic heterocycles. The predicted octanol–water partition coefficient (Wildman–Crippen LogP) is 0.641. The van der Waals surface area contributed by atoms with Gasteiger partial charge in [-0.2, -0.15) is 0 Å². The molecule has 4 N–H and O–H groups in total. The van der Waals surface area contributed by atoms with Crippen molar-refractivity contribution in [2.24, 2.45) is 11.5 Å². The zero-order chi connectivity index (χ0) is 9.84. The van der Waals surface area contributed by atoms with E-state index >= 15 is 0 Å². The Hall–Kier alpha value is -1.42. The van der Waals surface area contributed by atoms with Crippen LogP contribution >= 0.6 is 0 Å². The molecular weight excluding hydrogens is 171 g/mol. The monoisotopic (exact) mass is 182 g/mol. The van der Waals surface area contributed by atoms with Crippen molar-refractivity contribution >= 4 is 5.91 Å². The predicted molar refractivity (Wildman–Crippen MR) is 47.4 cm³/mol. The molecule has 4 heteroatoms. The summed E-state index contributed by atoms with van der Waals surface area (Å²) in [6.07, 6.45) is 0. The van der Waals surface area contributed by atoms with Crippen LogP contribution in [0.1, 0.15) is 17.2 Å². The Morgan fingerprint density at radius 1 is 1.54 bits per heavy atom. The molecule has 13 heavy (non-hydrogen) atoms. The summed E-state index contributed by atoms with van der Waals surface area (Å²) in [5.41, 5.74) is 11.5. The SMILES string of the molecule is NC(=O)C(N)c1cccc(CF)c1. The van der Waals surface area contributed by atoms with E-state index in [2.05, 4.69) is 0 Å². The van der Waals surface area contributed by atoms with Gasteiger partial charge in [-0.1, -0.05) is 24.3 Å². The first-order valence-electron chi connectivity index (χ1n) is 3.85. The number of nitrogens with two attached hydrogens (primary N) is 2. The highest BCUT2D eigenvalue weighted by molar-refractivity contribution is 5.81. The summed E-state index contributed by atoms with van der Waals surface area (Å²) in [4.78, 5) is 10.7. The fourth-order valence-electron chi connectivity index (χ4n) is 1.03. The first kappa shape index (κ1) is 9.67. The molecule has 0 bridgehead atoms. The molecule has 1 rings (SSSR count). The van der Waals surface area contributed by atoms with Gasteiger partial charge < -0.3 is 11.5 Å². The van der Waals surface area contributed by atoms with Crippen LogP contribution in [0, 0.1) is 0 Å². The molecule has 0 fully saturated rings. The molecule has 1 aromatic rings. The molecule has 0 saturated carbocycles. The lowest BCUT2D eigenvalue weighted by Gasteiger charge is -2.07. The number of hydrogen-bond acceptors (Lipinski definition) is 2. The summed E-state index contributed by atoms with van der Waals surface area (Å²) >= 11 is 0. The molecule has 0 saturated heterocycles. The minimum Gasteiger partial charge on any atom is -0.368 e. The van der Waals surface area contributed by atoms with Gasteiger partial charge in [-0.3, -0.25) is 4.79 Å². The smallest absolute Gasteiger partial charge is 0.238 e. The van der Waals surface area contributed by atoms with Crippen molar-refractivity contribution in [2.75, 3.05) is 0 Å². The van der Waals surface area contributed by atoms with E-state index in [1.165, 1.54) is 6.07 Å². The van der Waals surface area contributed by atoms with Gasteiger partial charge in [0.15, 0.2) is 0 Å². The van der Waals surface area contributed by atoms with Gasteiger partial charge in [0.05, 0.1) is 0 Å². The fourth-order valence-corrected chi connectivity index (χ4v) is 1.03. The standard InChI is InChI=1S/C9H11FN2O/c10-5-6-2-1-3-7(4-6)8(11)9(12)13/h1-4,8H,5,11H2,(H2,12,13). The van der Waals surface area contributed by atoms with Crippen molar-refractivity contribution < 1.29 is 9.18 Å². The van der Waals surface area contributed by atoms with Crippen molar-refractivity contribution in [1.29, 1.82) is 0 Å². The Labute approximate surface area is 75.5 Å². The molecule has 0 radical (unpaired) electrons. The van der Waals surface area contributed by atoms with Gasteiger partial charge in [-0.25, -0.2) is 4.39 Å². The molecule has 1 atom stereocenters. The van der Waals surface area contributed by atoms with Crippen molar-refractivity contribution in [2.45, 2.75) is 12.7 Å². The van der Waals surface area contributed by atoms with Crippen LogP contribution in [-0.4, -0.2) is 5.91 Å². The Morgan fingerprint density at radius 3 is 2.77 bits per heavy atom. The summed E-state index contributed by atoms with van der Waals surface area (Å²) in [5, 5.41) is 0. The third-order valence-electron chi connectivity index (χ3n) is 1.77. The Balaban J connectivity index is 2.94. The van der Waals surface area contributed by atoms with Crippen LogP contribution in [0.4, 0.5) is 4.39 Å². The van der Waals surface area contributed by atoms with Gasteiger partial charge in [0.1, 0.15) is 12.7 Å². The van der Waals surface area contributed by atoms with E-state index in [-0.39, 0.29) is 0 Å². The summed E-state index contributed by atoms with van der Waals surface area (Å²) in [6.45, 7) is -0.570. The summed E-state index contributed by atoms with van der Waals surface area (Å²) < 4.78 is 12.2. The van der Waals surface area contributed by atoms with Gasteiger partial charge in [0.25, 0.3) is 0 Å². The quantitative estimate of drug-likeness (QED) is 0.720. The third-order valence-corrected chi connectivity index (χ3v) is 1.77. The minimum atomic E-state index is -0.855. The second-order valence-electron chi connectivity index (χ2n) is 2.76. The second-order valence-corrected chi connectivity index (χ2v) is 2.76. The highest BCUT2D eigenvalue weighted by Gasteiger charge is 2.11. The number of amides is 1. The summed E-state index contributed by atoms with van der Waals surface area (Å²) in [6, 6.07) is 5.60. The normalized spacial score (nSPS) is 12.5. The van der Waals surface area contributed by atoms with Crippen LogP contribution in [0.3, 0.4) is 0 Å². The van der Waals surface area contributed by atoms with Crippen molar-refractivity contribution in [3.8, 4) is 0 Å². The maximum absolute atomic E-state index is 12.2. The van der Waals surface area contributed by atoms with E-state index in [0.717, 1.165) is 0 Å². The molecule has 1 aromatic carbocycles. The second kappa shape index (κ2) is 4.00. The van der Waals surface area contributed by atoms with E-state index in [1.807, 2.05) is 0 Å². The Morgan fingerprint density at radius 2 is 2.23 bits per heavy atom. The highest BCUT2D eigenvalue weighted by Crippen LogP contribution is 2.12. The largest absolute Gasteiger partial charge is 0.368 e. The molecule has 0 spiro atoms. The lowest BCUT2D eigenvalue weighted by molar-refractivity contribution is -0.119. The number of carbonyl (C=O) groups excluding carboxylic acids is 1. The fraction of sp³-hybridized carbons (Fsp3) is 0.222. The maximum Gasteiger partial charge on any atom is 0.238 e. The zero-order valence-electron chi connectivity index (χ0n) is 7.03. The van der Waals surface area contributed by atoms with E-state index in [0.29, 0.717) is 11.1 Å². The van der Waals surface area contributed by atoms with Crippen molar-refractivity contribution in [3.05, 3.63) is 35.4 Å². The molecular formula is C9H11FN2O. The maximum atomic E-state index is 12.2. The van der Waals surface area contributed by atoms with Gasteiger partial charge >= 0.3 is 0 Å². The van der Waals surface area contributed by atoms with E-state index in [1.54, 1.807) is 18.2 Å². The number of hydrogen-bond donors (Lipinski definition) is 2. The number of carbonyl (C=O) groups is 1. The highest BCUT2D eigenvalue weighted by atomic mass is 19.1. The molecule has 1 unspecified atom stereocenters.